The molecule has 6 nitrogen and oxygen atoms in total. The Morgan fingerprint density at radius 1 is 1.35 bits per heavy atom. The highest BCUT2D eigenvalue weighted by Gasteiger charge is 2.20. The van der Waals surface area contributed by atoms with E-state index in [-0.39, 0.29) is 23.2 Å². The Balaban J connectivity index is 2.36. The molecule has 20 heavy (non-hydrogen) atoms. The van der Waals surface area contributed by atoms with Gasteiger partial charge in [-0.2, -0.15) is 0 Å². The molecule has 2 N–H and O–H groups in total. The van der Waals surface area contributed by atoms with Crippen LogP contribution >= 0.6 is 0 Å². The number of carbonyl (C=O) groups is 2. The standard InChI is InChI=1S/C14H13NO5/c1-2-9(14(18)19)15-13(17)12-7-10(16)8-5-3-4-6-11(8)20-12/h3-7,9H,2H2,1H3,(H,15,17)(H,18,19)/t9-/m1/s1. The molecule has 0 radical (unpaired) electrons. The Kier molecular flexibility index (Phi) is 3.84. The fourth-order valence-corrected chi connectivity index (χ4v) is 1.78. The van der Waals surface area contributed by atoms with Crippen molar-refractivity contribution < 1.29 is 19.1 Å². The molecule has 0 unspecified atom stereocenters. The van der Waals surface area contributed by atoms with E-state index in [4.69, 9.17) is 9.52 Å². The van der Waals surface area contributed by atoms with Crippen LogP contribution in [0.15, 0.2) is 39.5 Å². The third-order valence-corrected chi connectivity index (χ3v) is 2.87. The third-order valence-electron chi connectivity index (χ3n) is 2.87. The lowest BCUT2D eigenvalue weighted by Gasteiger charge is -2.11. The van der Waals surface area contributed by atoms with Crippen LogP contribution in [0.4, 0.5) is 0 Å². The monoisotopic (exact) mass is 275 g/mol. The van der Waals surface area contributed by atoms with Crippen molar-refractivity contribution in [2.45, 2.75) is 19.4 Å². The number of carboxylic acids is 1. The summed E-state index contributed by atoms with van der Waals surface area (Å²) in [6.07, 6.45) is 0.235. The SMILES string of the molecule is CC[C@@H](NC(=O)c1cc(=O)c2ccccc2o1)C(=O)O. The van der Waals surface area contributed by atoms with Crippen molar-refractivity contribution in [1.29, 1.82) is 0 Å². The summed E-state index contributed by atoms with van der Waals surface area (Å²) < 4.78 is 5.32. The molecule has 0 saturated carbocycles. The quantitative estimate of drug-likeness (QED) is 0.878. The van der Waals surface area contributed by atoms with E-state index in [1.165, 1.54) is 0 Å². The first-order valence-electron chi connectivity index (χ1n) is 6.09. The van der Waals surface area contributed by atoms with Crippen LogP contribution in [0.1, 0.15) is 23.9 Å². The van der Waals surface area contributed by atoms with Gasteiger partial charge in [0.25, 0.3) is 5.91 Å². The minimum atomic E-state index is -1.14. The summed E-state index contributed by atoms with van der Waals surface area (Å²) in [6.45, 7) is 1.63. The van der Waals surface area contributed by atoms with Gasteiger partial charge in [0.1, 0.15) is 11.6 Å². The lowest BCUT2D eigenvalue weighted by atomic mass is 10.2. The van der Waals surface area contributed by atoms with Crippen LogP contribution in [0.3, 0.4) is 0 Å². The number of aliphatic carboxylic acids is 1. The number of hydrogen-bond donors (Lipinski definition) is 2. The molecule has 1 atom stereocenters. The summed E-state index contributed by atoms with van der Waals surface area (Å²) in [5, 5.41) is 11.6. The number of carboxylic acid groups (broad SMARTS) is 1. The van der Waals surface area contributed by atoms with Crippen LogP contribution in [-0.4, -0.2) is 23.0 Å². The summed E-state index contributed by atoms with van der Waals surface area (Å²) in [5.74, 6) is -2.06. The predicted octanol–water partition coefficient (Wildman–Crippen LogP) is 1.39. The van der Waals surface area contributed by atoms with E-state index < -0.39 is 17.9 Å². The molecule has 0 saturated heterocycles. The summed E-state index contributed by atoms with van der Waals surface area (Å²) in [6, 6.07) is 6.58. The average molecular weight is 275 g/mol. The maximum atomic E-state index is 11.9. The molecule has 0 spiro atoms. The van der Waals surface area contributed by atoms with Crippen molar-refractivity contribution in [1.82, 2.24) is 5.32 Å². The topological polar surface area (TPSA) is 96.6 Å². The Hall–Kier alpha value is -2.63. The number of hydrogen-bond acceptors (Lipinski definition) is 4. The highest BCUT2D eigenvalue weighted by atomic mass is 16.4. The van der Waals surface area contributed by atoms with E-state index in [0.29, 0.717) is 5.39 Å². The van der Waals surface area contributed by atoms with Crippen molar-refractivity contribution in [3.05, 3.63) is 46.3 Å². The molecule has 1 aromatic heterocycles. The molecule has 104 valence electrons. The second-order valence-electron chi connectivity index (χ2n) is 4.24. The summed E-state index contributed by atoms with van der Waals surface area (Å²) in [5.41, 5.74) is -0.0612. The zero-order valence-corrected chi connectivity index (χ0v) is 10.8. The lowest BCUT2D eigenvalue weighted by Crippen LogP contribution is -2.40. The molecule has 0 aliphatic carbocycles. The number of para-hydroxylation sites is 1. The molecule has 2 rings (SSSR count). The summed E-state index contributed by atoms with van der Waals surface area (Å²) in [7, 11) is 0. The number of rotatable bonds is 4. The molecular weight excluding hydrogens is 262 g/mol. The molecule has 6 heteroatoms. The van der Waals surface area contributed by atoms with Crippen LogP contribution in [0.25, 0.3) is 11.0 Å². The van der Waals surface area contributed by atoms with Crippen molar-refractivity contribution in [3.63, 3.8) is 0 Å². The molecule has 0 bridgehead atoms. The molecule has 0 aliphatic heterocycles. The normalized spacial score (nSPS) is 12.1. The van der Waals surface area contributed by atoms with Gasteiger partial charge in [0.2, 0.25) is 0 Å². The number of carbonyl (C=O) groups excluding carboxylic acids is 1. The van der Waals surface area contributed by atoms with E-state index in [1.54, 1.807) is 31.2 Å². The first-order chi connectivity index (χ1) is 9.52. The number of benzene rings is 1. The minimum absolute atomic E-state index is 0.201. The van der Waals surface area contributed by atoms with Crippen LogP contribution in [0.2, 0.25) is 0 Å². The highest BCUT2D eigenvalue weighted by molar-refractivity contribution is 5.95. The maximum absolute atomic E-state index is 11.9. The Morgan fingerprint density at radius 3 is 2.70 bits per heavy atom. The maximum Gasteiger partial charge on any atom is 0.326 e. The summed E-state index contributed by atoms with van der Waals surface area (Å²) >= 11 is 0. The van der Waals surface area contributed by atoms with Crippen molar-refractivity contribution in [3.8, 4) is 0 Å². The van der Waals surface area contributed by atoms with Gasteiger partial charge in [0, 0.05) is 6.07 Å². The van der Waals surface area contributed by atoms with Crippen LogP contribution in [-0.2, 0) is 4.79 Å². The zero-order valence-electron chi connectivity index (χ0n) is 10.8. The molecular formula is C14H13NO5. The molecule has 0 fully saturated rings. The van der Waals surface area contributed by atoms with E-state index in [2.05, 4.69) is 5.32 Å². The fourth-order valence-electron chi connectivity index (χ4n) is 1.78. The van der Waals surface area contributed by atoms with E-state index in [9.17, 15) is 14.4 Å². The molecule has 1 aromatic carbocycles. The predicted molar refractivity (Wildman–Crippen MR) is 71.7 cm³/mol. The van der Waals surface area contributed by atoms with Gasteiger partial charge in [-0.25, -0.2) is 4.79 Å². The van der Waals surface area contributed by atoms with E-state index in [1.807, 2.05) is 0 Å². The van der Waals surface area contributed by atoms with E-state index in [0.717, 1.165) is 6.07 Å². The molecule has 1 amide bonds. The van der Waals surface area contributed by atoms with E-state index >= 15 is 0 Å². The number of fused-ring (bicyclic) bond motifs is 1. The number of amides is 1. The highest BCUT2D eigenvalue weighted by Crippen LogP contribution is 2.11. The Morgan fingerprint density at radius 2 is 2.05 bits per heavy atom. The second kappa shape index (κ2) is 5.56. The van der Waals surface area contributed by atoms with Gasteiger partial charge in [0.05, 0.1) is 5.39 Å². The lowest BCUT2D eigenvalue weighted by molar-refractivity contribution is -0.139. The molecule has 0 aliphatic rings. The largest absolute Gasteiger partial charge is 0.480 e. The van der Waals surface area contributed by atoms with Gasteiger partial charge in [-0.15, -0.1) is 0 Å². The van der Waals surface area contributed by atoms with Gasteiger partial charge in [-0.3, -0.25) is 9.59 Å². The number of nitrogens with one attached hydrogen (secondary N) is 1. The van der Waals surface area contributed by atoms with Gasteiger partial charge in [-0.05, 0) is 18.6 Å². The Labute approximate surface area is 114 Å². The minimum Gasteiger partial charge on any atom is -0.480 e. The average Bonchev–Trinajstić information content (AvgIpc) is 2.44. The first kappa shape index (κ1) is 13.8. The van der Waals surface area contributed by atoms with Gasteiger partial charge in [0.15, 0.2) is 11.2 Å². The molecule has 1 heterocycles. The van der Waals surface area contributed by atoms with Crippen LogP contribution in [0.5, 0.6) is 0 Å². The Bertz CT molecular complexity index is 719. The summed E-state index contributed by atoms with van der Waals surface area (Å²) in [4.78, 5) is 34.6. The molecule has 2 aromatic rings. The van der Waals surface area contributed by atoms with Crippen LogP contribution in [0, 0.1) is 0 Å². The third kappa shape index (κ3) is 2.69. The van der Waals surface area contributed by atoms with Gasteiger partial charge < -0.3 is 14.8 Å². The zero-order chi connectivity index (χ0) is 14.7. The fraction of sp³-hybridized carbons (Fsp3) is 0.214. The first-order valence-corrected chi connectivity index (χ1v) is 6.09. The smallest absolute Gasteiger partial charge is 0.326 e. The van der Waals surface area contributed by atoms with Crippen molar-refractivity contribution >= 4 is 22.8 Å². The van der Waals surface area contributed by atoms with Crippen molar-refractivity contribution in [2.24, 2.45) is 0 Å². The van der Waals surface area contributed by atoms with Crippen LogP contribution < -0.4 is 10.7 Å². The van der Waals surface area contributed by atoms with Crippen molar-refractivity contribution in [2.75, 3.05) is 0 Å². The van der Waals surface area contributed by atoms with Gasteiger partial charge in [-0.1, -0.05) is 19.1 Å². The van der Waals surface area contributed by atoms with Gasteiger partial charge >= 0.3 is 5.97 Å². The second-order valence-corrected chi connectivity index (χ2v) is 4.24.